The summed E-state index contributed by atoms with van der Waals surface area (Å²) in [6.07, 6.45) is 1.88. The topological polar surface area (TPSA) is 67.5 Å². The first-order valence-electron chi connectivity index (χ1n) is 12.3. The number of nitrogens with zero attached hydrogens (tertiary/aromatic N) is 4. The fourth-order valence-corrected chi connectivity index (χ4v) is 5.05. The van der Waals surface area contributed by atoms with E-state index in [0.29, 0.717) is 18.8 Å². The minimum Gasteiger partial charge on any atom is -0.367 e. The van der Waals surface area contributed by atoms with Crippen LogP contribution in [-0.4, -0.2) is 73.1 Å². The number of anilines is 2. The van der Waals surface area contributed by atoms with Crippen molar-refractivity contribution in [3.05, 3.63) is 53.8 Å². The summed E-state index contributed by atoms with van der Waals surface area (Å²) in [5.74, 6) is 0.788. The summed E-state index contributed by atoms with van der Waals surface area (Å²) in [5.41, 5.74) is 3.88. The van der Waals surface area contributed by atoms with Crippen molar-refractivity contribution in [3.8, 4) is 0 Å². The number of amides is 1. The molecule has 0 bridgehead atoms. The lowest BCUT2D eigenvalue weighted by Gasteiger charge is -2.36. The van der Waals surface area contributed by atoms with E-state index >= 15 is 0 Å². The van der Waals surface area contributed by atoms with Gasteiger partial charge >= 0.3 is 0 Å². The number of hydrogen-bond donors (Lipinski definition) is 2. The second-order valence-electron chi connectivity index (χ2n) is 9.44. The molecule has 2 saturated heterocycles. The van der Waals surface area contributed by atoms with Crippen molar-refractivity contribution in [2.24, 2.45) is 5.92 Å². The number of piperidine rings is 1. The smallest absolute Gasteiger partial charge is 0.224 e. The monoisotopic (exact) mass is 464 g/mol. The average Bonchev–Trinajstić information content (AvgIpc) is 3.28. The maximum atomic E-state index is 14.0. The molecule has 0 radical (unpaired) electrons. The average molecular weight is 465 g/mol. The van der Waals surface area contributed by atoms with Crippen LogP contribution in [0.3, 0.4) is 0 Å². The Kier molecular flexibility index (Phi) is 6.67. The van der Waals surface area contributed by atoms with Crippen LogP contribution >= 0.6 is 0 Å². The Morgan fingerprint density at radius 3 is 2.76 bits per heavy atom. The molecule has 2 aliphatic rings. The van der Waals surface area contributed by atoms with E-state index in [1.165, 1.54) is 11.6 Å². The van der Waals surface area contributed by atoms with Crippen molar-refractivity contribution in [1.82, 2.24) is 20.2 Å². The number of imidazole rings is 1. The third-order valence-electron chi connectivity index (χ3n) is 7.01. The zero-order chi connectivity index (χ0) is 23.5. The zero-order valence-electron chi connectivity index (χ0n) is 19.8. The van der Waals surface area contributed by atoms with Gasteiger partial charge in [-0.05, 0) is 49.6 Å². The van der Waals surface area contributed by atoms with Crippen molar-refractivity contribution in [3.63, 3.8) is 0 Å². The van der Waals surface area contributed by atoms with E-state index < -0.39 is 0 Å². The number of aromatic amines is 1. The number of H-pyrrole nitrogens is 1. The summed E-state index contributed by atoms with van der Waals surface area (Å²) in [5, 5.41) is 3.15. The molecule has 1 amide bonds. The summed E-state index contributed by atoms with van der Waals surface area (Å²) < 4.78 is 14.0. The molecule has 0 saturated carbocycles. The molecule has 2 N–H and O–H groups in total. The van der Waals surface area contributed by atoms with E-state index in [-0.39, 0.29) is 17.6 Å². The van der Waals surface area contributed by atoms with Crippen molar-refractivity contribution in [2.45, 2.75) is 19.8 Å². The Hall–Kier alpha value is -3.13. The Labute approximate surface area is 199 Å². The molecule has 7 nitrogen and oxygen atoms in total. The number of carbonyl (C=O) groups is 1. The quantitative estimate of drug-likeness (QED) is 0.587. The Morgan fingerprint density at radius 2 is 1.94 bits per heavy atom. The lowest BCUT2D eigenvalue weighted by atomic mass is 9.97. The number of hydrogen-bond acceptors (Lipinski definition) is 5. The highest BCUT2D eigenvalue weighted by Crippen LogP contribution is 2.24. The lowest BCUT2D eigenvalue weighted by Crippen LogP contribution is -2.49. The summed E-state index contributed by atoms with van der Waals surface area (Å²) in [6, 6.07) is 13.2. The lowest BCUT2D eigenvalue weighted by molar-refractivity contribution is -0.125. The van der Waals surface area contributed by atoms with Crippen LogP contribution in [0.1, 0.15) is 18.4 Å². The highest BCUT2D eigenvalue weighted by molar-refractivity contribution is 5.80. The van der Waals surface area contributed by atoms with Gasteiger partial charge in [-0.1, -0.05) is 18.2 Å². The van der Waals surface area contributed by atoms with Gasteiger partial charge in [0.15, 0.2) is 0 Å². The number of piperazine rings is 1. The van der Waals surface area contributed by atoms with Crippen LogP contribution in [0.25, 0.3) is 11.0 Å². The van der Waals surface area contributed by atoms with Crippen LogP contribution < -0.4 is 15.1 Å². The number of carbonyl (C=O) groups excluding carboxylic acids is 1. The Balaban J connectivity index is 1.08. The molecule has 1 aromatic heterocycles. The van der Waals surface area contributed by atoms with Crippen molar-refractivity contribution >= 4 is 28.6 Å². The fourth-order valence-electron chi connectivity index (χ4n) is 5.05. The summed E-state index contributed by atoms with van der Waals surface area (Å²) >= 11 is 0. The molecule has 0 unspecified atom stereocenters. The number of aryl methyl sites for hydroxylation is 1. The third kappa shape index (κ3) is 5.01. The molecular formula is C26H33FN6O. The molecule has 5 rings (SSSR count). The van der Waals surface area contributed by atoms with Crippen molar-refractivity contribution < 1.29 is 9.18 Å². The predicted molar refractivity (Wildman–Crippen MR) is 134 cm³/mol. The van der Waals surface area contributed by atoms with Crippen LogP contribution in [0.4, 0.5) is 16.0 Å². The van der Waals surface area contributed by atoms with E-state index in [1.807, 2.05) is 18.2 Å². The molecule has 3 heterocycles. The van der Waals surface area contributed by atoms with Gasteiger partial charge in [-0.2, -0.15) is 0 Å². The second-order valence-corrected chi connectivity index (χ2v) is 9.44. The number of rotatable bonds is 6. The van der Waals surface area contributed by atoms with Crippen molar-refractivity contribution in [1.29, 1.82) is 0 Å². The van der Waals surface area contributed by atoms with Crippen molar-refractivity contribution in [2.75, 3.05) is 62.2 Å². The summed E-state index contributed by atoms with van der Waals surface area (Å²) in [7, 11) is 0. The number of nitrogens with one attached hydrogen (secondary N) is 2. The van der Waals surface area contributed by atoms with E-state index in [1.54, 1.807) is 6.07 Å². The second kappa shape index (κ2) is 10.0. The fraction of sp³-hybridized carbons (Fsp3) is 0.462. The van der Waals surface area contributed by atoms with Gasteiger partial charge < -0.3 is 20.1 Å². The molecule has 2 aromatic carbocycles. The number of fused-ring (bicyclic) bond motifs is 1. The van der Waals surface area contributed by atoms with E-state index in [2.05, 4.69) is 44.1 Å². The molecule has 180 valence electrons. The standard InChI is InChI=1S/C26H33FN6O/c1-19-8-9-22-23(17-19)30-26(29-22)33-11-4-5-20(18-33)25(34)28-10-12-31-13-15-32(16-14-31)24-7-3-2-6-21(24)27/h2-3,6-9,17,20H,4-5,10-16,18H2,1H3,(H,28,34)(H,29,30)/t20-/m0/s1. The van der Waals surface area contributed by atoms with Gasteiger partial charge in [0, 0.05) is 52.4 Å². The van der Waals surface area contributed by atoms with Gasteiger partial charge in [-0.3, -0.25) is 9.69 Å². The molecular weight excluding hydrogens is 431 g/mol. The van der Waals surface area contributed by atoms with Crippen LogP contribution in [0.15, 0.2) is 42.5 Å². The van der Waals surface area contributed by atoms with Crippen LogP contribution in [-0.2, 0) is 4.79 Å². The maximum absolute atomic E-state index is 14.0. The van der Waals surface area contributed by atoms with Gasteiger partial charge in [0.1, 0.15) is 5.82 Å². The maximum Gasteiger partial charge on any atom is 0.224 e. The van der Waals surface area contributed by atoms with Gasteiger partial charge in [0.05, 0.1) is 22.6 Å². The van der Waals surface area contributed by atoms with E-state index in [4.69, 9.17) is 4.98 Å². The van der Waals surface area contributed by atoms with Crippen LogP contribution in [0.5, 0.6) is 0 Å². The molecule has 2 aliphatic heterocycles. The first kappa shape index (κ1) is 22.7. The SMILES string of the molecule is Cc1ccc2nc(N3CCC[C@H](C(=O)NCCN4CCN(c5ccccc5F)CC4)C3)[nH]c2c1. The van der Waals surface area contributed by atoms with Crippen LogP contribution in [0, 0.1) is 18.7 Å². The summed E-state index contributed by atoms with van der Waals surface area (Å²) in [6.45, 7) is 8.45. The number of aromatic nitrogens is 2. The molecule has 3 aromatic rings. The minimum absolute atomic E-state index is 0.0263. The molecule has 0 spiro atoms. The first-order chi connectivity index (χ1) is 16.6. The normalized spacial score (nSPS) is 19.5. The highest BCUT2D eigenvalue weighted by atomic mass is 19.1. The third-order valence-corrected chi connectivity index (χ3v) is 7.01. The van der Waals surface area contributed by atoms with Gasteiger partial charge in [0.25, 0.3) is 0 Å². The largest absolute Gasteiger partial charge is 0.367 e. The molecule has 2 fully saturated rings. The number of para-hydroxylation sites is 1. The molecule has 1 atom stereocenters. The first-order valence-corrected chi connectivity index (χ1v) is 12.3. The zero-order valence-corrected chi connectivity index (χ0v) is 19.8. The van der Waals surface area contributed by atoms with E-state index in [0.717, 1.165) is 69.1 Å². The summed E-state index contributed by atoms with van der Waals surface area (Å²) in [4.78, 5) is 27.7. The predicted octanol–water partition coefficient (Wildman–Crippen LogP) is 3.17. The molecule has 8 heteroatoms. The van der Waals surface area contributed by atoms with E-state index in [9.17, 15) is 9.18 Å². The van der Waals surface area contributed by atoms with Gasteiger partial charge in [-0.15, -0.1) is 0 Å². The van der Waals surface area contributed by atoms with Gasteiger partial charge in [0.2, 0.25) is 11.9 Å². The Morgan fingerprint density at radius 1 is 1.12 bits per heavy atom. The number of benzene rings is 2. The molecule has 34 heavy (non-hydrogen) atoms. The Bertz CT molecular complexity index is 1140. The number of halogens is 1. The highest BCUT2D eigenvalue weighted by Gasteiger charge is 2.27. The molecule has 0 aliphatic carbocycles. The minimum atomic E-state index is -0.164. The van der Waals surface area contributed by atoms with Gasteiger partial charge in [-0.25, -0.2) is 9.37 Å². The van der Waals surface area contributed by atoms with Crippen LogP contribution in [0.2, 0.25) is 0 Å².